The minimum atomic E-state index is -0.825. The summed E-state index contributed by atoms with van der Waals surface area (Å²) in [5, 5.41) is 9.13. The number of carbonyl (C=O) groups is 4. The van der Waals surface area contributed by atoms with E-state index in [9.17, 15) is 19.2 Å². The molecular weight excluding hydrogens is 504 g/mol. The van der Waals surface area contributed by atoms with Gasteiger partial charge in [-0.2, -0.15) is 0 Å². The molecule has 3 atom stereocenters. The van der Waals surface area contributed by atoms with Gasteiger partial charge in [-0.05, 0) is 50.6 Å². The van der Waals surface area contributed by atoms with Crippen LogP contribution in [0, 0.1) is 5.92 Å². The van der Waals surface area contributed by atoms with E-state index in [0.717, 1.165) is 17.1 Å². The zero-order chi connectivity index (χ0) is 26.0. The van der Waals surface area contributed by atoms with Gasteiger partial charge >= 0.3 is 11.8 Å². The van der Waals surface area contributed by atoms with Crippen LogP contribution in [0.5, 0.6) is 0 Å². The fourth-order valence-corrected chi connectivity index (χ4v) is 5.74. The fourth-order valence-electron chi connectivity index (χ4n) is 4.56. The predicted octanol–water partition coefficient (Wildman–Crippen LogP) is 1.85. The number of aromatic nitrogens is 1. The number of carbonyl (C=O) groups excluding carboxylic acids is 4. The van der Waals surface area contributed by atoms with Crippen LogP contribution in [-0.4, -0.2) is 71.6 Å². The molecule has 2 heterocycles. The lowest BCUT2D eigenvalue weighted by molar-refractivity contribution is -0.137. The molecule has 3 N–H and O–H groups in total. The number of hydrogen-bond donors (Lipinski definition) is 3. The van der Waals surface area contributed by atoms with Crippen LogP contribution in [0.1, 0.15) is 39.6 Å². The maximum absolute atomic E-state index is 13.1. The Balaban J connectivity index is 1.44. The quantitative estimate of drug-likeness (QED) is 0.505. The molecule has 0 radical (unpaired) electrons. The summed E-state index contributed by atoms with van der Waals surface area (Å²) in [5.41, 5.74) is 1.34. The van der Waals surface area contributed by atoms with Gasteiger partial charge in [-0.25, -0.2) is 4.98 Å². The van der Waals surface area contributed by atoms with Crippen LogP contribution in [0.2, 0.25) is 5.02 Å². The molecule has 0 spiro atoms. The van der Waals surface area contributed by atoms with Gasteiger partial charge in [0.05, 0.1) is 11.7 Å². The molecule has 1 aliphatic heterocycles. The topological polar surface area (TPSA) is 124 Å². The second-order valence-corrected chi connectivity index (χ2v) is 10.9. The van der Waals surface area contributed by atoms with Crippen LogP contribution in [0.15, 0.2) is 24.3 Å². The van der Waals surface area contributed by atoms with Gasteiger partial charge in [-0.3, -0.25) is 24.1 Å². The largest absolute Gasteiger partial charge is 0.349 e. The van der Waals surface area contributed by atoms with Gasteiger partial charge in [0.2, 0.25) is 5.91 Å². The molecular formula is C24H29ClN6O4S. The summed E-state index contributed by atoms with van der Waals surface area (Å²) in [4.78, 5) is 60.1. The highest BCUT2D eigenvalue weighted by Gasteiger charge is 2.37. The van der Waals surface area contributed by atoms with Crippen LogP contribution in [0.3, 0.4) is 0 Å². The predicted molar refractivity (Wildman–Crippen MR) is 137 cm³/mol. The van der Waals surface area contributed by atoms with E-state index in [2.05, 4.69) is 25.8 Å². The van der Waals surface area contributed by atoms with Crippen molar-refractivity contribution in [1.82, 2.24) is 25.4 Å². The number of benzene rings is 1. The molecule has 1 aromatic carbocycles. The van der Waals surface area contributed by atoms with E-state index in [0.29, 0.717) is 41.5 Å². The summed E-state index contributed by atoms with van der Waals surface area (Å²) in [6.45, 7) is 1.45. The summed E-state index contributed by atoms with van der Waals surface area (Å²) in [6.07, 6.45) is 1.32. The number of hydrogen-bond acceptors (Lipinski definition) is 7. The molecule has 1 aliphatic carbocycles. The van der Waals surface area contributed by atoms with Crippen molar-refractivity contribution in [1.29, 1.82) is 0 Å². The van der Waals surface area contributed by atoms with Crippen molar-refractivity contribution >= 4 is 52.3 Å². The number of nitrogens with zero attached hydrogens (tertiary/aromatic N) is 3. The zero-order valence-corrected chi connectivity index (χ0v) is 21.9. The first-order valence-corrected chi connectivity index (χ1v) is 12.9. The van der Waals surface area contributed by atoms with Gasteiger partial charge in [-0.1, -0.05) is 11.6 Å². The maximum atomic E-state index is 13.1. The molecule has 192 valence electrons. The van der Waals surface area contributed by atoms with Crippen molar-refractivity contribution < 1.29 is 19.2 Å². The first kappa shape index (κ1) is 26.1. The monoisotopic (exact) mass is 532 g/mol. The lowest BCUT2D eigenvalue weighted by Crippen LogP contribution is -2.57. The van der Waals surface area contributed by atoms with E-state index in [1.807, 2.05) is 7.05 Å². The summed E-state index contributed by atoms with van der Waals surface area (Å²) in [6, 6.07) is 5.36. The van der Waals surface area contributed by atoms with Crippen LogP contribution < -0.4 is 16.0 Å². The smallest absolute Gasteiger partial charge is 0.313 e. The summed E-state index contributed by atoms with van der Waals surface area (Å²) >= 11 is 7.22. The van der Waals surface area contributed by atoms with E-state index in [1.54, 1.807) is 38.4 Å². The average Bonchev–Trinajstić information content (AvgIpc) is 3.38. The van der Waals surface area contributed by atoms with Crippen molar-refractivity contribution in [3.8, 4) is 0 Å². The second kappa shape index (κ2) is 10.9. The maximum Gasteiger partial charge on any atom is 0.313 e. The normalized spacial score (nSPS) is 21.4. The van der Waals surface area contributed by atoms with Crippen LogP contribution in [-0.2, 0) is 27.5 Å². The highest BCUT2D eigenvalue weighted by atomic mass is 35.5. The molecule has 1 fully saturated rings. The minimum Gasteiger partial charge on any atom is -0.349 e. The van der Waals surface area contributed by atoms with Gasteiger partial charge in [0.15, 0.2) is 5.01 Å². The van der Waals surface area contributed by atoms with E-state index < -0.39 is 23.9 Å². The van der Waals surface area contributed by atoms with Crippen molar-refractivity contribution in [2.45, 2.75) is 44.4 Å². The highest BCUT2D eigenvalue weighted by Crippen LogP contribution is 2.29. The van der Waals surface area contributed by atoms with E-state index >= 15 is 0 Å². The molecule has 4 rings (SSSR count). The number of amides is 4. The third-order valence-corrected chi connectivity index (χ3v) is 7.72. The van der Waals surface area contributed by atoms with Crippen molar-refractivity contribution in [2.75, 3.05) is 26.5 Å². The highest BCUT2D eigenvalue weighted by molar-refractivity contribution is 7.13. The summed E-state index contributed by atoms with van der Waals surface area (Å²) in [7, 11) is 5.38. The Morgan fingerprint density at radius 1 is 1.03 bits per heavy atom. The third kappa shape index (κ3) is 6.03. The molecule has 10 nitrogen and oxygen atoms in total. The third-order valence-electron chi connectivity index (χ3n) is 6.39. The first-order valence-electron chi connectivity index (χ1n) is 11.7. The van der Waals surface area contributed by atoms with Crippen LogP contribution in [0.4, 0.5) is 5.69 Å². The van der Waals surface area contributed by atoms with Crippen molar-refractivity contribution in [3.05, 3.63) is 44.9 Å². The summed E-state index contributed by atoms with van der Waals surface area (Å²) < 4.78 is 0. The number of rotatable bonds is 5. The Morgan fingerprint density at radius 2 is 1.75 bits per heavy atom. The fraction of sp³-hybridized carbons (Fsp3) is 0.458. The molecule has 0 unspecified atom stereocenters. The summed E-state index contributed by atoms with van der Waals surface area (Å²) in [5.74, 6) is -2.31. The first-order chi connectivity index (χ1) is 17.1. The molecule has 4 amide bonds. The Labute approximate surface area is 218 Å². The van der Waals surface area contributed by atoms with E-state index in [4.69, 9.17) is 11.6 Å². The molecule has 0 bridgehead atoms. The minimum absolute atomic E-state index is 0.0317. The number of halogens is 1. The zero-order valence-electron chi connectivity index (χ0n) is 20.3. The van der Waals surface area contributed by atoms with Gasteiger partial charge in [0.25, 0.3) is 5.91 Å². The van der Waals surface area contributed by atoms with Gasteiger partial charge in [0.1, 0.15) is 0 Å². The van der Waals surface area contributed by atoms with Gasteiger partial charge in [0, 0.05) is 54.7 Å². The molecule has 0 saturated heterocycles. The Morgan fingerprint density at radius 3 is 2.42 bits per heavy atom. The lowest BCUT2D eigenvalue weighted by atomic mass is 9.81. The Bertz CT molecular complexity index is 1140. The molecule has 2 aromatic rings. The Kier molecular flexibility index (Phi) is 7.91. The van der Waals surface area contributed by atoms with Crippen LogP contribution in [0.25, 0.3) is 0 Å². The van der Waals surface area contributed by atoms with Crippen molar-refractivity contribution in [2.24, 2.45) is 5.92 Å². The van der Waals surface area contributed by atoms with Gasteiger partial charge < -0.3 is 20.9 Å². The van der Waals surface area contributed by atoms with Gasteiger partial charge in [-0.15, -0.1) is 11.3 Å². The second-order valence-electron chi connectivity index (χ2n) is 9.42. The number of fused-ring (bicyclic) bond motifs is 1. The molecule has 12 heteroatoms. The van der Waals surface area contributed by atoms with E-state index in [-0.39, 0.29) is 17.7 Å². The number of anilines is 1. The SMILES string of the molecule is CN1Cc2nc(C(=O)N[C@@H]3C[C@@H](C(=O)N(C)C)CC[C@@H]3NC(=O)C(=O)Nc3ccc(Cl)cc3)sc2C1. The number of nitrogens with one attached hydrogen (secondary N) is 3. The molecule has 36 heavy (non-hydrogen) atoms. The molecule has 1 saturated carbocycles. The standard InChI is InChI=1S/C24H29ClN6O4S/c1-30(2)24(35)13-4-9-16(27-21(33)20(32)26-15-7-5-14(25)6-8-15)17(10-13)28-22(34)23-29-18-11-31(3)12-19(18)36-23/h5-8,13,16-17H,4,9-12H2,1-3H3,(H,26,32)(H,27,33)(H,28,34)/t13-,16-,17+/m0/s1. The molecule has 2 aliphatic rings. The lowest BCUT2D eigenvalue weighted by Gasteiger charge is -2.37. The average molecular weight is 533 g/mol. The van der Waals surface area contributed by atoms with Crippen molar-refractivity contribution in [3.63, 3.8) is 0 Å². The molecule has 1 aromatic heterocycles. The number of thiazole rings is 1. The van der Waals surface area contributed by atoms with E-state index in [1.165, 1.54) is 16.2 Å². The Hall–Kier alpha value is -3.02. The van der Waals surface area contributed by atoms with Crippen LogP contribution >= 0.6 is 22.9 Å².